The van der Waals surface area contributed by atoms with Crippen LogP contribution in [0.2, 0.25) is 0 Å². The highest BCUT2D eigenvalue weighted by atomic mass is 16.4. The molecule has 4 heteroatoms. The van der Waals surface area contributed by atoms with Crippen molar-refractivity contribution in [3.63, 3.8) is 0 Å². The van der Waals surface area contributed by atoms with E-state index in [1.807, 2.05) is 12.1 Å². The number of phenols is 1. The fourth-order valence-electron chi connectivity index (χ4n) is 5.54. The van der Waals surface area contributed by atoms with Gasteiger partial charge in [0.05, 0.1) is 5.56 Å². The van der Waals surface area contributed by atoms with E-state index in [4.69, 9.17) is 15.9 Å². The Hall–Kier alpha value is -3.53. The van der Waals surface area contributed by atoms with Gasteiger partial charge in [-0.25, -0.2) is 4.79 Å². The lowest BCUT2D eigenvalue weighted by atomic mass is 9.71. The Kier molecular flexibility index (Phi) is 8.76. The van der Waals surface area contributed by atoms with Gasteiger partial charge in [0.1, 0.15) is 5.75 Å². The summed E-state index contributed by atoms with van der Waals surface area (Å²) in [5.74, 6) is -0.0667. The van der Waals surface area contributed by atoms with Gasteiger partial charge in [-0.05, 0) is 106 Å². The second-order valence-corrected chi connectivity index (χ2v) is 11.7. The first-order valence-corrected chi connectivity index (χ1v) is 13.5. The smallest absolute Gasteiger partial charge is 0.335 e. The van der Waals surface area contributed by atoms with Gasteiger partial charge in [0, 0.05) is 5.69 Å². The second kappa shape index (κ2) is 11.5. The maximum Gasteiger partial charge on any atom is 0.335 e. The molecule has 0 radical (unpaired) electrons. The number of nitrogen functional groups attached to an aromatic ring is 1. The molecule has 0 spiro atoms. The Morgan fingerprint density at radius 3 is 2.00 bits per heavy atom. The van der Waals surface area contributed by atoms with E-state index in [1.54, 1.807) is 36.4 Å². The zero-order chi connectivity index (χ0) is 28.3. The largest absolute Gasteiger partial charge is 0.508 e. The van der Waals surface area contributed by atoms with Crippen LogP contribution < -0.4 is 5.73 Å². The van der Waals surface area contributed by atoms with Crippen molar-refractivity contribution in [2.24, 2.45) is 5.92 Å². The predicted molar refractivity (Wildman–Crippen MR) is 160 cm³/mol. The van der Waals surface area contributed by atoms with Crippen molar-refractivity contribution in [2.75, 3.05) is 5.73 Å². The van der Waals surface area contributed by atoms with Crippen molar-refractivity contribution in [2.45, 2.75) is 78.6 Å². The number of phenolic OH excluding ortho intramolecular Hbond substituents is 1. The molecule has 0 bridgehead atoms. The first-order chi connectivity index (χ1) is 17.8. The van der Waals surface area contributed by atoms with Gasteiger partial charge in [-0.1, -0.05) is 78.3 Å². The molecular formula is C34H43NO3. The van der Waals surface area contributed by atoms with Gasteiger partial charge in [-0.2, -0.15) is 0 Å². The van der Waals surface area contributed by atoms with Crippen molar-refractivity contribution in [1.29, 1.82) is 0 Å². The van der Waals surface area contributed by atoms with Crippen molar-refractivity contribution < 1.29 is 15.0 Å². The Balaban J connectivity index is 0.000000427. The molecule has 0 aliphatic heterocycles. The summed E-state index contributed by atoms with van der Waals surface area (Å²) in [6.45, 7) is 16.4. The number of fused-ring (bicyclic) bond motifs is 1. The summed E-state index contributed by atoms with van der Waals surface area (Å²) in [5, 5.41) is 17.8. The Morgan fingerprint density at radius 2 is 1.50 bits per heavy atom. The third-order valence-electron chi connectivity index (χ3n) is 8.46. The topological polar surface area (TPSA) is 83.5 Å². The van der Waals surface area contributed by atoms with E-state index in [0.29, 0.717) is 17.2 Å². The number of benzene rings is 3. The van der Waals surface area contributed by atoms with Crippen LogP contribution in [0.5, 0.6) is 5.75 Å². The SMILES string of the molecule is CCCCc1cc2c(cc1/C(C)=C/c1ccc(C(=O)O)cc1)C(C)(C)C(C)C2(C)C.Nc1ccc(O)cc1. The molecule has 4 nitrogen and oxygen atoms in total. The minimum Gasteiger partial charge on any atom is -0.508 e. The number of carbonyl (C=O) groups is 1. The van der Waals surface area contributed by atoms with E-state index >= 15 is 0 Å². The molecule has 1 aliphatic carbocycles. The average Bonchev–Trinajstić information content (AvgIpc) is 3.01. The number of nitrogens with two attached hydrogens (primary N) is 1. The van der Waals surface area contributed by atoms with Crippen LogP contribution >= 0.6 is 0 Å². The molecule has 0 heterocycles. The van der Waals surface area contributed by atoms with E-state index in [2.05, 4.69) is 66.7 Å². The van der Waals surface area contributed by atoms with E-state index in [1.165, 1.54) is 40.7 Å². The number of anilines is 1. The number of aromatic hydroxyl groups is 1. The molecule has 4 rings (SSSR count). The van der Waals surface area contributed by atoms with Crippen LogP contribution in [-0.2, 0) is 17.3 Å². The number of carboxylic acids is 1. The van der Waals surface area contributed by atoms with Gasteiger partial charge in [-0.15, -0.1) is 0 Å². The van der Waals surface area contributed by atoms with Crippen LogP contribution in [0.4, 0.5) is 5.69 Å². The van der Waals surface area contributed by atoms with E-state index < -0.39 is 5.97 Å². The second-order valence-electron chi connectivity index (χ2n) is 11.7. The lowest BCUT2D eigenvalue weighted by Gasteiger charge is -2.32. The number of hydrogen-bond acceptors (Lipinski definition) is 3. The number of aryl methyl sites for hydroxylation is 1. The van der Waals surface area contributed by atoms with E-state index in [9.17, 15) is 4.79 Å². The fraction of sp³-hybridized carbons (Fsp3) is 0.382. The number of carboxylic acid groups (broad SMARTS) is 1. The van der Waals surface area contributed by atoms with Crippen molar-refractivity contribution in [1.82, 2.24) is 0 Å². The predicted octanol–water partition coefficient (Wildman–Crippen LogP) is 8.47. The summed E-state index contributed by atoms with van der Waals surface area (Å²) in [4.78, 5) is 11.1. The van der Waals surface area contributed by atoms with Gasteiger partial charge in [0.15, 0.2) is 0 Å². The maximum absolute atomic E-state index is 11.1. The minimum atomic E-state index is -0.887. The summed E-state index contributed by atoms with van der Waals surface area (Å²) < 4.78 is 0. The normalized spacial score (nSPS) is 17.3. The molecular weight excluding hydrogens is 470 g/mol. The lowest BCUT2D eigenvalue weighted by Crippen LogP contribution is -2.30. The fourth-order valence-corrected chi connectivity index (χ4v) is 5.54. The Labute approximate surface area is 228 Å². The highest BCUT2D eigenvalue weighted by Gasteiger charge is 2.48. The summed E-state index contributed by atoms with van der Waals surface area (Å²) in [6, 6.07) is 18.5. The molecule has 4 N–H and O–H groups in total. The zero-order valence-corrected chi connectivity index (χ0v) is 23.9. The molecule has 1 unspecified atom stereocenters. The Morgan fingerprint density at radius 1 is 0.947 bits per heavy atom. The van der Waals surface area contributed by atoms with Crippen molar-refractivity contribution in [3.8, 4) is 5.75 Å². The number of allylic oxidation sites excluding steroid dienone is 1. The maximum atomic E-state index is 11.1. The van der Waals surface area contributed by atoms with Gasteiger partial charge in [0.2, 0.25) is 0 Å². The Bertz CT molecular complexity index is 1280. The molecule has 0 fully saturated rings. The first kappa shape index (κ1) is 29.0. The molecule has 202 valence electrons. The van der Waals surface area contributed by atoms with Crippen LogP contribution in [0.1, 0.15) is 99.5 Å². The van der Waals surface area contributed by atoms with E-state index in [-0.39, 0.29) is 16.6 Å². The summed E-state index contributed by atoms with van der Waals surface area (Å²) in [6.07, 6.45) is 5.64. The molecule has 0 aromatic heterocycles. The van der Waals surface area contributed by atoms with Gasteiger partial charge < -0.3 is 15.9 Å². The highest BCUT2D eigenvalue weighted by molar-refractivity contribution is 5.88. The van der Waals surface area contributed by atoms with E-state index in [0.717, 1.165) is 12.0 Å². The van der Waals surface area contributed by atoms with Crippen LogP contribution in [0.15, 0.2) is 60.7 Å². The number of hydrogen-bond donors (Lipinski definition) is 3. The summed E-state index contributed by atoms with van der Waals surface area (Å²) in [7, 11) is 0. The van der Waals surface area contributed by atoms with Crippen molar-refractivity contribution in [3.05, 3.63) is 94.0 Å². The molecule has 1 atom stereocenters. The van der Waals surface area contributed by atoms with Crippen LogP contribution in [0, 0.1) is 5.92 Å². The third-order valence-corrected chi connectivity index (χ3v) is 8.46. The molecule has 3 aromatic rings. The average molecular weight is 514 g/mol. The van der Waals surface area contributed by atoms with Crippen molar-refractivity contribution >= 4 is 23.3 Å². The number of aromatic carboxylic acids is 1. The molecule has 0 amide bonds. The zero-order valence-electron chi connectivity index (χ0n) is 23.9. The standard InChI is InChI=1S/C28H36O2.C6H7NO/c1-8-9-10-22-16-24-25(28(6,7)19(3)27(24,4)5)17-23(22)18(2)15-20-11-13-21(14-12-20)26(29)30;7-5-1-3-6(8)4-2-5/h11-17,19H,8-10H2,1-7H3,(H,29,30);1-4,8H,7H2/b18-15+;. The molecule has 3 aromatic carbocycles. The van der Waals surface area contributed by atoms with Crippen LogP contribution in [0.3, 0.4) is 0 Å². The molecule has 1 aliphatic rings. The highest BCUT2D eigenvalue weighted by Crippen LogP contribution is 2.54. The number of unbranched alkanes of at least 4 members (excludes halogenated alkanes) is 1. The monoisotopic (exact) mass is 513 g/mol. The van der Waals surface area contributed by atoms with Gasteiger partial charge >= 0.3 is 5.97 Å². The lowest BCUT2D eigenvalue weighted by molar-refractivity contribution is 0.0697. The summed E-state index contributed by atoms with van der Waals surface area (Å²) in [5.41, 5.74) is 14.6. The number of rotatable bonds is 6. The molecule has 38 heavy (non-hydrogen) atoms. The van der Waals surface area contributed by atoms with Gasteiger partial charge in [-0.3, -0.25) is 0 Å². The van der Waals surface area contributed by atoms with Crippen LogP contribution in [0.25, 0.3) is 11.6 Å². The quantitative estimate of drug-likeness (QED) is 0.175. The van der Waals surface area contributed by atoms with Gasteiger partial charge in [0.25, 0.3) is 0 Å². The third kappa shape index (κ3) is 6.12. The first-order valence-electron chi connectivity index (χ1n) is 13.5. The minimum absolute atomic E-state index is 0.139. The van der Waals surface area contributed by atoms with Crippen LogP contribution in [-0.4, -0.2) is 16.2 Å². The molecule has 0 saturated carbocycles. The molecule has 0 saturated heterocycles. The summed E-state index contributed by atoms with van der Waals surface area (Å²) >= 11 is 0.